The fraction of sp³-hybridized carbons (Fsp3) is 0.630. The Balaban J connectivity index is 1.41. The lowest BCUT2D eigenvalue weighted by Gasteiger charge is -2.32. The minimum absolute atomic E-state index is 0.356. The zero-order chi connectivity index (χ0) is 29.0. The Kier molecular flexibility index (Phi) is 6.86. The lowest BCUT2D eigenvalue weighted by Crippen LogP contribution is -2.36. The summed E-state index contributed by atoms with van der Waals surface area (Å²) in [6.07, 6.45) is 4.89. The van der Waals surface area contributed by atoms with Gasteiger partial charge in [-0.3, -0.25) is 28.7 Å². The van der Waals surface area contributed by atoms with E-state index in [2.05, 4.69) is 33.6 Å². The summed E-state index contributed by atoms with van der Waals surface area (Å²) in [6, 6.07) is 0. The van der Waals surface area contributed by atoms with Gasteiger partial charge < -0.3 is 18.9 Å². The van der Waals surface area contributed by atoms with E-state index in [0.717, 1.165) is 51.9 Å². The molecular weight excluding hydrogens is 528 g/mol. The standard InChI is InChI=1S/C27H38N10O4/c1-16-8-5-10-34(14-16)24-28-20-18(22(38)30-26(40)32(20)3)36(24)12-7-13-37-19-21(33(4)27(41)31-23(19)39)29-25(37)35-11-6-9-17(2)15-35/h16-17H,5-15H2,1-4H3,(H,30,38,40)(H,31,39,41). The summed E-state index contributed by atoms with van der Waals surface area (Å²) in [5, 5.41) is 0. The molecule has 2 N–H and O–H groups in total. The van der Waals surface area contributed by atoms with E-state index in [0.29, 0.717) is 65.6 Å². The van der Waals surface area contributed by atoms with Crippen LogP contribution in [0.1, 0.15) is 46.0 Å². The van der Waals surface area contributed by atoms with Crippen molar-refractivity contribution in [1.82, 2.24) is 38.2 Å². The van der Waals surface area contributed by atoms with Gasteiger partial charge in [0.1, 0.15) is 0 Å². The van der Waals surface area contributed by atoms with Crippen LogP contribution in [0.5, 0.6) is 0 Å². The van der Waals surface area contributed by atoms with Crippen LogP contribution in [0.2, 0.25) is 0 Å². The predicted molar refractivity (Wildman–Crippen MR) is 157 cm³/mol. The number of hydrogen-bond donors (Lipinski definition) is 2. The second-order valence-electron chi connectivity index (χ2n) is 11.8. The maximum absolute atomic E-state index is 13.1. The average molecular weight is 567 g/mol. The first-order valence-electron chi connectivity index (χ1n) is 14.5. The molecule has 4 aromatic rings. The highest BCUT2D eigenvalue weighted by Gasteiger charge is 2.27. The Morgan fingerprint density at radius 3 is 1.51 bits per heavy atom. The number of imidazole rings is 2. The first-order valence-corrected chi connectivity index (χ1v) is 14.5. The van der Waals surface area contributed by atoms with Crippen molar-refractivity contribution >= 4 is 34.2 Å². The number of nitrogens with zero attached hydrogens (tertiary/aromatic N) is 8. The fourth-order valence-corrected chi connectivity index (χ4v) is 6.48. The quantitative estimate of drug-likeness (QED) is 0.347. The SMILES string of the molecule is CC1CCCN(c2nc3c(c(=O)[nH]c(=O)n3C)n2CCCn2c(N3CCCC(C)C3)nc3c2c(=O)[nH]c(=O)n3C)C1. The van der Waals surface area contributed by atoms with E-state index in [4.69, 9.17) is 9.97 Å². The van der Waals surface area contributed by atoms with Gasteiger partial charge in [0.05, 0.1) is 0 Å². The molecule has 0 bridgehead atoms. The first-order chi connectivity index (χ1) is 19.6. The number of aromatic amines is 2. The summed E-state index contributed by atoms with van der Waals surface area (Å²) in [4.78, 5) is 69.7. The number of nitrogens with one attached hydrogen (secondary N) is 2. The Morgan fingerprint density at radius 2 is 1.12 bits per heavy atom. The Hall–Kier alpha value is -4.10. The molecule has 2 unspecified atom stereocenters. The summed E-state index contributed by atoms with van der Waals surface area (Å²) in [7, 11) is 3.22. The van der Waals surface area contributed by atoms with Crippen molar-refractivity contribution < 1.29 is 0 Å². The van der Waals surface area contributed by atoms with Gasteiger partial charge in [-0.1, -0.05) is 13.8 Å². The fourth-order valence-electron chi connectivity index (χ4n) is 6.48. The van der Waals surface area contributed by atoms with Crippen molar-refractivity contribution in [3.8, 4) is 0 Å². The van der Waals surface area contributed by atoms with Gasteiger partial charge in [0.15, 0.2) is 22.3 Å². The lowest BCUT2D eigenvalue weighted by molar-refractivity contribution is 0.433. The third-order valence-corrected chi connectivity index (χ3v) is 8.62. The topological polar surface area (TPSA) is 152 Å². The molecule has 220 valence electrons. The molecule has 2 atom stereocenters. The Labute approximate surface area is 235 Å². The van der Waals surface area contributed by atoms with Gasteiger partial charge in [0.2, 0.25) is 11.9 Å². The molecule has 2 aliphatic rings. The number of fused-ring (bicyclic) bond motifs is 2. The molecule has 6 heterocycles. The van der Waals surface area contributed by atoms with Gasteiger partial charge in [-0.25, -0.2) is 9.59 Å². The number of aryl methyl sites for hydroxylation is 4. The van der Waals surface area contributed by atoms with Crippen molar-refractivity contribution in [1.29, 1.82) is 0 Å². The summed E-state index contributed by atoms with van der Waals surface area (Å²) < 4.78 is 6.58. The molecule has 41 heavy (non-hydrogen) atoms. The predicted octanol–water partition coefficient (Wildman–Crippen LogP) is 0.723. The zero-order valence-corrected chi connectivity index (χ0v) is 24.1. The van der Waals surface area contributed by atoms with Gasteiger partial charge in [-0.05, 0) is 43.9 Å². The van der Waals surface area contributed by atoms with E-state index in [1.54, 1.807) is 14.1 Å². The highest BCUT2D eigenvalue weighted by molar-refractivity contribution is 5.75. The van der Waals surface area contributed by atoms with Crippen molar-refractivity contribution in [2.75, 3.05) is 36.0 Å². The molecule has 14 heteroatoms. The van der Waals surface area contributed by atoms with Crippen molar-refractivity contribution in [2.45, 2.75) is 59.0 Å². The molecule has 14 nitrogen and oxygen atoms in total. The third-order valence-electron chi connectivity index (χ3n) is 8.62. The first kappa shape index (κ1) is 27.1. The number of H-pyrrole nitrogens is 2. The summed E-state index contributed by atoms with van der Waals surface area (Å²) in [6.45, 7) is 8.59. The Morgan fingerprint density at radius 1 is 0.707 bits per heavy atom. The molecule has 6 rings (SSSR count). The summed E-state index contributed by atoms with van der Waals surface area (Å²) >= 11 is 0. The maximum atomic E-state index is 13.1. The van der Waals surface area contributed by atoms with Crippen LogP contribution in [0, 0.1) is 11.8 Å². The van der Waals surface area contributed by atoms with Gasteiger partial charge in [-0.2, -0.15) is 9.97 Å². The van der Waals surface area contributed by atoms with Crippen LogP contribution in [0.25, 0.3) is 22.3 Å². The second kappa shape index (κ2) is 10.4. The normalized spacial score (nSPS) is 20.0. The molecule has 0 aliphatic carbocycles. The smallest absolute Gasteiger partial charge is 0.329 e. The number of anilines is 2. The largest absolute Gasteiger partial charge is 0.342 e. The summed E-state index contributed by atoms with van der Waals surface area (Å²) in [5.41, 5.74) is -0.489. The number of aromatic nitrogens is 8. The molecule has 2 fully saturated rings. The van der Waals surface area contributed by atoms with Gasteiger partial charge in [-0.15, -0.1) is 0 Å². The number of rotatable bonds is 6. The monoisotopic (exact) mass is 566 g/mol. The van der Waals surface area contributed by atoms with Crippen LogP contribution in [-0.4, -0.2) is 64.4 Å². The van der Waals surface area contributed by atoms with Gasteiger partial charge >= 0.3 is 11.4 Å². The van der Waals surface area contributed by atoms with Crippen LogP contribution < -0.4 is 32.3 Å². The molecule has 4 aromatic heterocycles. The van der Waals surface area contributed by atoms with Gasteiger partial charge in [0.25, 0.3) is 11.1 Å². The minimum Gasteiger partial charge on any atom is -0.342 e. The van der Waals surface area contributed by atoms with E-state index in [1.165, 1.54) is 9.13 Å². The van der Waals surface area contributed by atoms with Crippen molar-refractivity contribution in [3.63, 3.8) is 0 Å². The molecule has 0 amide bonds. The van der Waals surface area contributed by atoms with E-state index in [9.17, 15) is 19.2 Å². The summed E-state index contributed by atoms with van der Waals surface area (Å²) in [5.74, 6) is 2.34. The highest BCUT2D eigenvalue weighted by atomic mass is 16.2. The van der Waals surface area contributed by atoms with Crippen molar-refractivity contribution in [3.05, 3.63) is 41.7 Å². The van der Waals surface area contributed by atoms with Crippen LogP contribution in [-0.2, 0) is 27.2 Å². The van der Waals surface area contributed by atoms with Crippen LogP contribution >= 0.6 is 0 Å². The van der Waals surface area contributed by atoms with E-state index >= 15 is 0 Å². The average Bonchev–Trinajstić information content (AvgIpc) is 3.51. The van der Waals surface area contributed by atoms with Crippen LogP contribution in [0.15, 0.2) is 19.2 Å². The van der Waals surface area contributed by atoms with Gasteiger partial charge in [0, 0.05) is 53.4 Å². The van der Waals surface area contributed by atoms with E-state index in [1.807, 2.05) is 9.13 Å². The van der Waals surface area contributed by atoms with Crippen LogP contribution in [0.3, 0.4) is 0 Å². The van der Waals surface area contributed by atoms with E-state index in [-0.39, 0.29) is 0 Å². The molecule has 2 saturated heterocycles. The second-order valence-corrected chi connectivity index (χ2v) is 11.8. The van der Waals surface area contributed by atoms with E-state index < -0.39 is 22.5 Å². The maximum Gasteiger partial charge on any atom is 0.329 e. The number of hydrogen-bond acceptors (Lipinski definition) is 8. The minimum atomic E-state index is -0.499. The third kappa shape index (κ3) is 4.68. The molecule has 0 saturated carbocycles. The highest BCUT2D eigenvalue weighted by Crippen LogP contribution is 2.28. The molecule has 0 spiro atoms. The number of piperidine rings is 2. The van der Waals surface area contributed by atoms with Crippen molar-refractivity contribution in [2.24, 2.45) is 25.9 Å². The molecule has 2 aliphatic heterocycles. The lowest BCUT2D eigenvalue weighted by atomic mass is 10.0. The van der Waals surface area contributed by atoms with Crippen LogP contribution in [0.4, 0.5) is 11.9 Å². The molecular formula is C27H38N10O4. The molecule has 0 radical (unpaired) electrons. The molecule has 0 aromatic carbocycles. The Bertz CT molecular complexity index is 1720. The zero-order valence-electron chi connectivity index (χ0n) is 24.1.